The Kier molecular flexibility index (Phi) is 6.07. The zero-order valence-corrected chi connectivity index (χ0v) is 17.5. The summed E-state index contributed by atoms with van der Waals surface area (Å²) >= 11 is 12.0. The van der Waals surface area contributed by atoms with Crippen molar-refractivity contribution in [2.24, 2.45) is 5.92 Å². The number of aromatic nitrogens is 1. The molecule has 2 heterocycles. The average Bonchev–Trinajstić information content (AvgIpc) is 2.73. The largest absolute Gasteiger partial charge is 0.335 e. The summed E-state index contributed by atoms with van der Waals surface area (Å²) in [6.45, 7) is 0.813. The summed E-state index contributed by atoms with van der Waals surface area (Å²) in [5.41, 5.74) is 0.869. The van der Waals surface area contributed by atoms with Gasteiger partial charge < -0.3 is 10.2 Å². The molecule has 152 valence electrons. The molecule has 2 atom stereocenters. The molecule has 29 heavy (non-hydrogen) atoms. The van der Waals surface area contributed by atoms with E-state index in [0.717, 1.165) is 19.4 Å². The Morgan fingerprint density at radius 1 is 1.03 bits per heavy atom. The first-order valence-corrected chi connectivity index (χ1v) is 10.8. The Bertz CT molecular complexity index is 915. The second-order valence-corrected chi connectivity index (χ2v) is 8.61. The topological polar surface area (TPSA) is 62.3 Å². The number of halogens is 2. The van der Waals surface area contributed by atoms with E-state index in [-0.39, 0.29) is 16.8 Å². The molecule has 1 aliphatic heterocycles. The molecule has 1 saturated carbocycles. The molecular formula is C22H23Cl2N3O2. The van der Waals surface area contributed by atoms with Crippen LogP contribution in [0.2, 0.25) is 10.0 Å². The van der Waals surface area contributed by atoms with Crippen LogP contribution < -0.4 is 5.32 Å². The number of anilines is 1. The summed E-state index contributed by atoms with van der Waals surface area (Å²) in [6, 6.07) is 8.42. The Hall–Kier alpha value is -2.11. The monoisotopic (exact) mass is 431 g/mol. The molecule has 0 spiro atoms. The van der Waals surface area contributed by atoms with Gasteiger partial charge in [-0.15, -0.1) is 0 Å². The van der Waals surface area contributed by atoms with Crippen LogP contribution in [0.4, 0.5) is 5.82 Å². The van der Waals surface area contributed by atoms with Crippen LogP contribution in [0.15, 0.2) is 36.5 Å². The van der Waals surface area contributed by atoms with Crippen molar-refractivity contribution in [2.75, 3.05) is 11.9 Å². The molecule has 2 aromatic rings. The van der Waals surface area contributed by atoms with Gasteiger partial charge in [-0.1, -0.05) is 36.0 Å². The van der Waals surface area contributed by atoms with Crippen molar-refractivity contribution in [2.45, 2.75) is 44.6 Å². The van der Waals surface area contributed by atoms with Crippen molar-refractivity contribution >= 4 is 40.8 Å². The van der Waals surface area contributed by atoms with E-state index in [2.05, 4.69) is 10.3 Å². The fourth-order valence-electron chi connectivity index (χ4n) is 4.49. The smallest absolute Gasteiger partial charge is 0.258 e. The number of nitrogens with zero attached hydrogens (tertiary/aromatic N) is 2. The lowest BCUT2D eigenvalue weighted by Gasteiger charge is -2.44. The molecule has 4 rings (SSSR count). The van der Waals surface area contributed by atoms with Crippen LogP contribution in [-0.2, 0) is 0 Å². The second-order valence-electron chi connectivity index (χ2n) is 7.76. The number of fused-ring (bicyclic) bond motifs is 1. The van der Waals surface area contributed by atoms with Crippen molar-refractivity contribution in [1.82, 2.24) is 9.88 Å². The van der Waals surface area contributed by atoms with Crippen molar-refractivity contribution in [3.63, 3.8) is 0 Å². The number of likely N-dealkylation sites (tertiary alicyclic amines) is 1. The fraction of sp³-hybridized carbons (Fsp3) is 0.409. The highest BCUT2D eigenvalue weighted by Crippen LogP contribution is 2.36. The third-order valence-electron chi connectivity index (χ3n) is 5.93. The van der Waals surface area contributed by atoms with Gasteiger partial charge in [0.25, 0.3) is 11.8 Å². The van der Waals surface area contributed by atoms with E-state index >= 15 is 0 Å². The Morgan fingerprint density at radius 3 is 2.59 bits per heavy atom. The normalized spacial score (nSPS) is 21.4. The van der Waals surface area contributed by atoms with Gasteiger partial charge in [-0.25, -0.2) is 4.98 Å². The number of hydrogen-bond donors (Lipinski definition) is 1. The molecular weight excluding hydrogens is 409 g/mol. The molecule has 7 heteroatoms. The highest BCUT2D eigenvalue weighted by atomic mass is 35.5. The first-order chi connectivity index (χ1) is 14.0. The summed E-state index contributed by atoms with van der Waals surface area (Å²) in [6.07, 6.45) is 8.62. The lowest BCUT2D eigenvalue weighted by atomic mass is 9.78. The number of carbonyl (C=O) groups is 2. The van der Waals surface area contributed by atoms with Crippen LogP contribution in [-0.4, -0.2) is 34.3 Å². The highest BCUT2D eigenvalue weighted by molar-refractivity contribution is 6.37. The molecule has 1 aromatic heterocycles. The van der Waals surface area contributed by atoms with Gasteiger partial charge in [0.15, 0.2) is 0 Å². The summed E-state index contributed by atoms with van der Waals surface area (Å²) in [5.74, 6) is 0.663. The molecule has 0 bridgehead atoms. The first-order valence-electron chi connectivity index (χ1n) is 10.1. The molecule has 1 N–H and O–H groups in total. The van der Waals surface area contributed by atoms with E-state index in [4.69, 9.17) is 23.2 Å². The van der Waals surface area contributed by atoms with Crippen molar-refractivity contribution in [3.05, 3.63) is 57.7 Å². The van der Waals surface area contributed by atoms with Gasteiger partial charge in [-0.2, -0.15) is 0 Å². The maximum absolute atomic E-state index is 13.1. The predicted octanol–water partition coefficient (Wildman–Crippen LogP) is 5.44. The number of piperidine rings is 1. The number of nitrogens with one attached hydrogen (secondary N) is 1. The van der Waals surface area contributed by atoms with Gasteiger partial charge >= 0.3 is 0 Å². The Morgan fingerprint density at radius 2 is 1.83 bits per heavy atom. The Labute approximate surface area is 180 Å². The molecule has 1 aromatic carbocycles. The summed E-state index contributed by atoms with van der Waals surface area (Å²) in [5, 5.41) is 3.44. The number of rotatable bonds is 3. The minimum Gasteiger partial charge on any atom is -0.335 e. The number of benzene rings is 1. The summed E-state index contributed by atoms with van der Waals surface area (Å²) in [4.78, 5) is 31.8. The van der Waals surface area contributed by atoms with Crippen molar-refractivity contribution in [3.8, 4) is 0 Å². The van der Waals surface area contributed by atoms with Gasteiger partial charge in [-0.3, -0.25) is 9.59 Å². The zero-order chi connectivity index (χ0) is 20.4. The second kappa shape index (κ2) is 8.72. The van der Waals surface area contributed by atoms with Crippen LogP contribution in [0.3, 0.4) is 0 Å². The predicted molar refractivity (Wildman–Crippen MR) is 115 cm³/mol. The molecule has 5 nitrogen and oxygen atoms in total. The quantitative estimate of drug-likeness (QED) is 0.703. The highest BCUT2D eigenvalue weighted by Gasteiger charge is 2.36. The maximum Gasteiger partial charge on any atom is 0.258 e. The van der Waals surface area contributed by atoms with Gasteiger partial charge in [0.2, 0.25) is 0 Å². The van der Waals surface area contributed by atoms with Gasteiger partial charge in [0, 0.05) is 23.8 Å². The molecule has 2 aliphatic rings. The molecule has 2 fully saturated rings. The SMILES string of the molecule is O=C(Nc1ccc(C(=O)N2CCC[C@@H]3CCCC[C@H]32)cn1)c1ccc(Cl)cc1Cl. The van der Waals surface area contributed by atoms with Crippen LogP contribution in [0, 0.1) is 5.92 Å². The number of carbonyl (C=O) groups excluding carboxylic acids is 2. The van der Waals surface area contributed by atoms with E-state index in [0.29, 0.717) is 33.9 Å². The lowest BCUT2D eigenvalue weighted by molar-refractivity contribution is 0.0390. The average molecular weight is 432 g/mol. The van der Waals surface area contributed by atoms with Crippen LogP contribution >= 0.6 is 23.2 Å². The summed E-state index contributed by atoms with van der Waals surface area (Å²) in [7, 11) is 0. The summed E-state index contributed by atoms with van der Waals surface area (Å²) < 4.78 is 0. The molecule has 0 unspecified atom stereocenters. The van der Waals surface area contributed by atoms with E-state index in [1.165, 1.54) is 37.9 Å². The van der Waals surface area contributed by atoms with Crippen LogP contribution in [0.25, 0.3) is 0 Å². The molecule has 1 saturated heterocycles. The van der Waals surface area contributed by atoms with Crippen molar-refractivity contribution < 1.29 is 9.59 Å². The number of hydrogen-bond acceptors (Lipinski definition) is 3. The van der Waals surface area contributed by atoms with Crippen LogP contribution in [0.5, 0.6) is 0 Å². The van der Waals surface area contributed by atoms with Gasteiger partial charge in [0.1, 0.15) is 5.82 Å². The maximum atomic E-state index is 13.1. The van der Waals surface area contributed by atoms with E-state index in [9.17, 15) is 9.59 Å². The minimum atomic E-state index is -0.376. The van der Waals surface area contributed by atoms with Crippen LogP contribution in [0.1, 0.15) is 59.2 Å². The zero-order valence-electron chi connectivity index (χ0n) is 16.0. The minimum absolute atomic E-state index is 0.0349. The fourth-order valence-corrected chi connectivity index (χ4v) is 4.99. The lowest BCUT2D eigenvalue weighted by Crippen LogP contribution is -2.49. The Balaban J connectivity index is 1.44. The van der Waals surface area contributed by atoms with E-state index < -0.39 is 0 Å². The van der Waals surface area contributed by atoms with Gasteiger partial charge in [0.05, 0.1) is 16.1 Å². The number of pyridine rings is 1. The van der Waals surface area contributed by atoms with E-state index in [1.54, 1.807) is 24.3 Å². The molecule has 1 aliphatic carbocycles. The third kappa shape index (κ3) is 4.41. The number of amides is 2. The van der Waals surface area contributed by atoms with E-state index in [1.807, 2.05) is 4.90 Å². The molecule has 2 amide bonds. The molecule has 0 radical (unpaired) electrons. The van der Waals surface area contributed by atoms with Crippen molar-refractivity contribution in [1.29, 1.82) is 0 Å². The standard InChI is InChI=1S/C22H23Cl2N3O2/c23-16-8-9-17(18(24)12-16)21(28)26-20-10-7-15(13-25-20)22(29)27-11-3-5-14-4-1-2-6-19(14)27/h7-10,12-14,19H,1-6,11H2,(H,25,26,28)/t14-,19+/m0/s1. The first kappa shape index (κ1) is 20.2. The third-order valence-corrected chi connectivity index (χ3v) is 6.48. The van der Waals surface area contributed by atoms with Gasteiger partial charge in [-0.05, 0) is 61.9 Å².